The van der Waals surface area contributed by atoms with Crippen molar-refractivity contribution in [2.24, 2.45) is 0 Å². The maximum Gasteiger partial charge on any atom is 0.205 e. The van der Waals surface area contributed by atoms with Crippen molar-refractivity contribution in [3.05, 3.63) is 182 Å². The predicted molar refractivity (Wildman–Crippen MR) is 268 cm³/mol. The largest absolute Gasteiger partial charge is 0.507 e. The first-order chi connectivity index (χ1) is 32.2. The minimum Gasteiger partial charge on any atom is -0.507 e. The highest BCUT2D eigenvalue weighted by molar-refractivity contribution is 6.18. The molecule has 0 amide bonds. The average molecular weight is 853 g/mol. The number of fused-ring (bicyclic) bond motifs is 18. The minimum absolute atomic E-state index is 0.103. The van der Waals surface area contributed by atoms with E-state index in [0.29, 0.717) is 22.1 Å². The predicted octanol–water partition coefficient (Wildman–Crippen LogP) is 15.2. The fourth-order valence-electron chi connectivity index (χ4n) is 10.6. The van der Waals surface area contributed by atoms with Gasteiger partial charge in [0.1, 0.15) is 11.5 Å². The van der Waals surface area contributed by atoms with Gasteiger partial charge in [-0.2, -0.15) is 0 Å². The number of hydrogen-bond donors (Lipinski definition) is 6. The normalized spacial score (nSPS) is 12.0. The van der Waals surface area contributed by atoms with Gasteiger partial charge in [-0.05, 0) is 165 Å². The third kappa shape index (κ3) is 5.30. The van der Waals surface area contributed by atoms with E-state index < -0.39 is 28.7 Å². The van der Waals surface area contributed by atoms with E-state index in [0.717, 1.165) is 87.4 Å². The van der Waals surface area contributed by atoms with Crippen LogP contribution in [0.25, 0.3) is 131 Å². The second-order valence-corrected chi connectivity index (χ2v) is 17.3. The summed E-state index contributed by atoms with van der Waals surface area (Å²) in [6.07, 6.45) is 0. The van der Waals surface area contributed by atoms with E-state index in [2.05, 4.69) is 97.1 Å². The summed E-state index contributed by atoms with van der Waals surface area (Å²) in [4.78, 5) is 0. The van der Waals surface area contributed by atoms with Crippen molar-refractivity contribution in [1.82, 2.24) is 0 Å². The number of phenolic OH excluding ortho intramolecular Hbond substituents is 6. The Morgan fingerprint density at radius 3 is 0.848 bits per heavy atom. The van der Waals surface area contributed by atoms with E-state index in [-0.39, 0.29) is 27.6 Å². The van der Waals surface area contributed by atoms with E-state index in [1.165, 1.54) is 0 Å². The Morgan fingerprint density at radius 1 is 0.197 bits per heavy atom. The lowest BCUT2D eigenvalue weighted by atomic mass is 9.77. The van der Waals surface area contributed by atoms with Crippen molar-refractivity contribution in [1.29, 1.82) is 0 Å². The molecule has 6 heteroatoms. The molecule has 0 radical (unpaired) electrons. The van der Waals surface area contributed by atoms with Crippen molar-refractivity contribution in [3.63, 3.8) is 0 Å². The van der Waals surface area contributed by atoms with Crippen LogP contribution in [-0.2, 0) is 0 Å². The summed E-state index contributed by atoms with van der Waals surface area (Å²) in [5.41, 5.74) is 8.30. The first-order valence-electron chi connectivity index (χ1n) is 21.8. The van der Waals surface area contributed by atoms with Gasteiger partial charge in [0.05, 0.1) is 5.39 Å². The van der Waals surface area contributed by atoms with E-state index in [1.807, 2.05) is 78.9 Å². The average Bonchev–Trinajstić information content (AvgIpc) is 3.35. The highest BCUT2D eigenvalue weighted by Crippen LogP contribution is 2.60. The summed E-state index contributed by atoms with van der Waals surface area (Å²) in [7, 11) is 0. The van der Waals surface area contributed by atoms with Crippen LogP contribution in [0.15, 0.2) is 182 Å². The highest BCUT2D eigenvalue weighted by atomic mass is 16.3. The Bertz CT molecular complexity index is 4130. The van der Waals surface area contributed by atoms with Crippen LogP contribution in [0.3, 0.4) is 0 Å². The summed E-state index contributed by atoms with van der Waals surface area (Å²) in [6.45, 7) is 0. The molecular formula is C60H36O6. The molecule has 0 aliphatic heterocycles. The summed E-state index contributed by atoms with van der Waals surface area (Å²) in [5.74, 6) is -4.09. The molecule has 312 valence electrons. The van der Waals surface area contributed by atoms with Crippen LogP contribution in [0.5, 0.6) is 34.5 Å². The maximum atomic E-state index is 13.1. The SMILES string of the molecule is Oc1c(O)c(O)c2c(O)c3c(cc2c1O)-c1cc2ccccc2cc1-c1cc2ccccc2cc1-c1cc2ccccc2cc1-c1cc2ccccc2cc1-c1cc2ccccc2c(O)c1-3. The molecule has 1 aliphatic rings. The van der Waals surface area contributed by atoms with E-state index in [9.17, 15) is 30.6 Å². The van der Waals surface area contributed by atoms with Gasteiger partial charge in [-0.1, -0.05) is 121 Å². The van der Waals surface area contributed by atoms with Gasteiger partial charge >= 0.3 is 0 Å². The molecule has 0 bridgehead atoms. The van der Waals surface area contributed by atoms with Crippen LogP contribution in [0, 0.1) is 0 Å². The molecule has 0 aromatic heterocycles. The van der Waals surface area contributed by atoms with Gasteiger partial charge < -0.3 is 30.6 Å². The topological polar surface area (TPSA) is 121 Å². The van der Waals surface area contributed by atoms with Crippen molar-refractivity contribution in [2.45, 2.75) is 0 Å². The molecule has 0 unspecified atom stereocenters. The van der Waals surface area contributed by atoms with Gasteiger partial charge in [0.25, 0.3) is 0 Å². The van der Waals surface area contributed by atoms with Gasteiger partial charge in [-0.3, -0.25) is 0 Å². The van der Waals surface area contributed by atoms with Crippen molar-refractivity contribution >= 4 is 64.6 Å². The van der Waals surface area contributed by atoms with Crippen LogP contribution in [0.1, 0.15) is 0 Å². The monoisotopic (exact) mass is 852 g/mol. The molecule has 0 fully saturated rings. The van der Waals surface area contributed by atoms with Gasteiger partial charge in [-0.25, -0.2) is 0 Å². The number of aromatic hydroxyl groups is 6. The molecule has 0 spiro atoms. The lowest BCUT2D eigenvalue weighted by molar-refractivity contribution is 0.350. The molecule has 6 N–H and O–H groups in total. The molecule has 66 heavy (non-hydrogen) atoms. The lowest BCUT2D eigenvalue weighted by Crippen LogP contribution is -1.99. The number of hydrogen-bond acceptors (Lipinski definition) is 6. The number of rotatable bonds is 0. The van der Waals surface area contributed by atoms with Crippen molar-refractivity contribution in [3.8, 4) is 101 Å². The Labute approximate surface area is 377 Å². The minimum atomic E-state index is -0.987. The zero-order valence-electron chi connectivity index (χ0n) is 35.0. The zero-order chi connectivity index (χ0) is 44.5. The molecule has 0 saturated heterocycles. The molecule has 6 nitrogen and oxygen atoms in total. The third-order valence-corrected chi connectivity index (χ3v) is 13.7. The molecule has 0 heterocycles. The van der Waals surface area contributed by atoms with Crippen LogP contribution in [0.2, 0.25) is 0 Å². The Balaban J connectivity index is 1.35. The molecule has 1 aliphatic carbocycles. The first kappa shape index (κ1) is 37.5. The molecule has 0 saturated carbocycles. The molecular weight excluding hydrogens is 817 g/mol. The van der Waals surface area contributed by atoms with Crippen LogP contribution in [0.4, 0.5) is 0 Å². The first-order valence-corrected chi connectivity index (χ1v) is 21.8. The number of benzene rings is 12. The smallest absolute Gasteiger partial charge is 0.205 e. The fourth-order valence-corrected chi connectivity index (χ4v) is 10.6. The van der Waals surface area contributed by atoms with Crippen LogP contribution in [-0.4, -0.2) is 30.6 Å². The van der Waals surface area contributed by atoms with Gasteiger partial charge in [-0.15, -0.1) is 0 Å². The summed E-state index contributed by atoms with van der Waals surface area (Å²) in [6, 6.07) is 61.6. The Hall–Kier alpha value is -9.00. The maximum absolute atomic E-state index is 13.1. The quantitative estimate of drug-likeness (QED) is 0.0667. The summed E-state index contributed by atoms with van der Waals surface area (Å²) >= 11 is 0. The second-order valence-electron chi connectivity index (χ2n) is 17.3. The van der Waals surface area contributed by atoms with Gasteiger partial charge in [0, 0.05) is 21.9 Å². The summed E-state index contributed by atoms with van der Waals surface area (Å²) < 4.78 is 0. The van der Waals surface area contributed by atoms with Gasteiger partial charge in [0.2, 0.25) is 11.5 Å². The van der Waals surface area contributed by atoms with E-state index in [1.54, 1.807) is 6.07 Å². The van der Waals surface area contributed by atoms with Crippen molar-refractivity contribution in [2.75, 3.05) is 0 Å². The molecule has 12 aromatic rings. The lowest BCUT2D eigenvalue weighted by Gasteiger charge is -2.26. The standard InChI is InChI=1S/C60H36O6/c61-55-40-20-10-9-19-39(40)29-49-47-27-37-17-7-5-15-35(37)25-45(47)43-23-33-13-3-1-11-31(33)21-41(43)42-22-32-12-2-4-14-34(32)24-44(42)46-26-36-16-6-8-18-38(36)28-48(46)50-30-51-54(57(63)53(50)52(49)55)58(64)60(66)59(65)56(51)62/h1-30,61-66H. The van der Waals surface area contributed by atoms with E-state index >= 15 is 0 Å². The molecule has 0 atom stereocenters. The molecule has 12 aromatic carbocycles. The van der Waals surface area contributed by atoms with Crippen molar-refractivity contribution < 1.29 is 30.6 Å². The Morgan fingerprint density at radius 2 is 0.470 bits per heavy atom. The van der Waals surface area contributed by atoms with Gasteiger partial charge in [0.15, 0.2) is 11.5 Å². The summed E-state index contributed by atoms with van der Waals surface area (Å²) in [5, 5.41) is 80.2. The molecule has 13 rings (SSSR count). The fraction of sp³-hybridized carbons (Fsp3) is 0. The third-order valence-electron chi connectivity index (χ3n) is 13.7. The van der Waals surface area contributed by atoms with Crippen LogP contribution < -0.4 is 0 Å². The zero-order valence-corrected chi connectivity index (χ0v) is 35.0. The highest BCUT2D eigenvalue weighted by Gasteiger charge is 2.32. The second kappa shape index (κ2) is 13.7. The Kier molecular flexibility index (Phi) is 7.82. The number of phenols is 6. The van der Waals surface area contributed by atoms with Crippen LogP contribution >= 0.6 is 0 Å². The van der Waals surface area contributed by atoms with E-state index in [4.69, 9.17) is 0 Å².